The summed E-state index contributed by atoms with van der Waals surface area (Å²) < 4.78 is 18.1. The maximum Gasteiger partial charge on any atom is 0.226 e. The first-order chi connectivity index (χ1) is 11.6. The normalized spacial score (nSPS) is 17.2. The number of aryl methyl sites for hydroxylation is 1. The molecule has 0 saturated carbocycles. The lowest BCUT2D eigenvalue weighted by molar-refractivity contribution is -0.132. The molecule has 0 spiro atoms. The van der Waals surface area contributed by atoms with Crippen LogP contribution < -0.4 is 5.73 Å². The molecule has 1 aliphatic rings. The van der Waals surface area contributed by atoms with Crippen molar-refractivity contribution >= 4 is 18.3 Å². The van der Waals surface area contributed by atoms with Crippen molar-refractivity contribution in [1.29, 1.82) is 0 Å². The third kappa shape index (κ3) is 5.24. The molecule has 8 heteroatoms. The zero-order valence-electron chi connectivity index (χ0n) is 13.9. The molecule has 1 atom stereocenters. The van der Waals surface area contributed by atoms with Crippen LogP contribution in [0.1, 0.15) is 31.6 Å². The van der Waals surface area contributed by atoms with E-state index in [0.717, 1.165) is 19.4 Å². The van der Waals surface area contributed by atoms with E-state index in [2.05, 4.69) is 10.1 Å². The highest BCUT2D eigenvalue weighted by Crippen LogP contribution is 2.17. The Hall–Kier alpha value is -1.99. The summed E-state index contributed by atoms with van der Waals surface area (Å²) in [5, 5.41) is 3.89. The third-order valence-electron chi connectivity index (χ3n) is 4.16. The van der Waals surface area contributed by atoms with Gasteiger partial charge < -0.3 is 15.2 Å². The summed E-state index contributed by atoms with van der Waals surface area (Å²) in [4.78, 5) is 18.3. The van der Waals surface area contributed by atoms with Crippen molar-refractivity contribution in [3.63, 3.8) is 0 Å². The minimum Gasteiger partial charge on any atom is -0.341 e. The number of hydrogen-bond acceptors (Lipinski definition) is 5. The van der Waals surface area contributed by atoms with Gasteiger partial charge in [-0.1, -0.05) is 5.16 Å². The van der Waals surface area contributed by atoms with E-state index < -0.39 is 0 Å². The monoisotopic (exact) mass is 368 g/mol. The van der Waals surface area contributed by atoms with E-state index in [0.29, 0.717) is 43.1 Å². The van der Waals surface area contributed by atoms with Gasteiger partial charge in [-0.3, -0.25) is 4.79 Å². The van der Waals surface area contributed by atoms with Gasteiger partial charge in [0.2, 0.25) is 17.6 Å². The first-order valence-electron chi connectivity index (χ1n) is 8.23. The van der Waals surface area contributed by atoms with Gasteiger partial charge in [0.25, 0.3) is 0 Å². The first-order valence-corrected chi connectivity index (χ1v) is 8.23. The van der Waals surface area contributed by atoms with Gasteiger partial charge in [-0.05, 0) is 43.5 Å². The Balaban J connectivity index is 0.00000225. The van der Waals surface area contributed by atoms with Gasteiger partial charge in [-0.2, -0.15) is 4.98 Å². The number of amides is 1. The predicted molar refractivity (Wildman–Crippen MR) is 93.7 cm³/mol. The molecule has 1 saturated heterocycles. The molecule has 1 amide bonds. The molecule has 2 heterocycles. The van der Waals surface area contributed by atoms with Crippen molar-refractivity contribution in [2.75, 3.05) is 13.1 Å². The molecule has 1 aromatic carbocycles. The Bertz CT molecular complexity index is 692. The Kier molecular flexibility index (Phi) is 6.90. The van der Waals surface area contributed by atoms with Gasteiger partial charge in [0.15, 0.2) is 0 Å². The zero-order valence-corrected chi connectivity index (χ0v) is 14.7. The van der Waals surface area contributed by atoms with Crippen LogP contribution in [0.5, 0.6) is 0 Å². The van der Waals surface area contributed by atoms with Gasteiger partial charge in [0, 0.05) is 37.5 Å². The fraction of sp³-hybridized carbons (Fsp3) is 0.471. The number of piperidine rings is 1. The molecular weight excluding hydrogens is 347 g/mol. The van der Waals surface area contributed by atoms with Crippen LogP contribution in [0.3, 0.4) is 0 Å². The summed E-state index contributed by atoms with van der Waals surface area (Å²) in [5.41, 5.74) is 6.60. The van der Waals surface area contributed by atoms with Crippen molar-refractivity contribution in [3.05, 3.63) is 36.0 Å². The zero-order chi connectivity index (χ0) is 16.9. The topological polar surface area (TPSA) is 85.2 Å². The second kappa shape index (κ2) is 8.92. The SMILES string of the molecule is Cl.NC1CCCN(C(=O)CCCc2nc(-c3ccc(F)cc3)no2)C1. The van der Waals surface area contributed by atoms with Crippen molar-refractivity contribution in [2.45, 2.75) is 38.1 Å². The Labute approximate surface area is 152 Å². The van der Waals surface area contributed by atoms with Crippen LogP contribution in [0.25, 0.3) is 11.4 Å². The number of benzene rings is 1. The van der Waals surface area contributed by atoms with Gasteiger partial charge in [-0.15, -0.1) is 12.4 Å². The summed E-state index contributed by atoms with van der Waals surface area (Å²) in [7, 11) is 0. The number of nitrogens with two attached hydrogens (primary N) is 1. The lowest BCUT2D eigenvalue weighted by Gasteiger charge is -2.30. The van der Waals surface area contributed by atoms with Crippen molar-refractivity contribution in [1.82, 2.24) is 15.0 Å². The van der Waals surface area contributed by atoms with Crippen molar-refractivity contribution in [2.24, 2.45) is 5.73 Å². The van der Waals surface area contributed by atoms with E-state index >= 15 is 0 Å². The summed E-state index contributed by atoms with van der Waals surface area (Å²) in [6.07, 6.45) is 3.59. The average Bonchev–Trinajstić information content (AvgIpc) is 3.04. The van der Waals surface area contributed by atoms with E-state index in [1.54, 1.807) is 12.1 Å². The van der Waals surface area contributed by atoms with Gasteiger partial charge in [-0.25, -0.2) is 4.39 Å². The van der Waals surface area contributed by atoms with Gasteiger partial charge in [0.05, 0.1) is 0 Å². The van der Waals surface area contributed by atoms with Crippen molar-refractivity contribution in [3.8, 4) is 11.4 Å². The minimum atomic E-state index is -0.307. The summed E-state index contributed by atoms with van der Waals surface area (Å²) in [6.45, 7) is 1.44. The number of likely N-dealkylation sites (tertiary alicyclic amines) is 1. The maximum absolute atomic E-state index is 12.9. The predicted octanol–water partition coefficient (Wildman–Crippen LogP) is 2.57. The number of nitrogens with zero attached hydrogens (tertiary/aromatic N) is 3. The fourth-order valence-corrected chi connectivity index (χ4v) is 2.86. The van der Waals surface area contributed by atoms with Crippen LogP contribution in [0.4, 0.5) is 4.39 Å². The van der Waals surface area contributed by atoms with Gasteiger partial charge in [0.1, 0.15) is 5.82 Å². The lowest BCUT2D eigenvalue weighted by atomic mass is 10.1. The second-order valence-corrected chi connectivity index (χ2v) is 6.11. The van der Waals surface area contributed by atoms with E-state index in [9.17, 15) is 9.18 Å². The van der Waals surface area contributed by atoms with E-state index in [1.165, 1.54) is 12.1 Å². The second-order valence-electron chi connectivity index (χ2n) is 6.11. The number of hydrogen-bond donors (Lipinski definition) is 1. The standard InChI is InChI=1S/C17H21FN4O2.ClH/c18-13-8-6-12(7-9-13)17-20-15(24-21-17)4-1-5-16(23)22-10-2-3-14(19)11-22;/h6-9,14H,1-5,10-11,19H2;1H. The molecule has 1 aromatic heterocycles. The highest BCUT2D eigenvalue weighted by atomic mass is 35.5. The smallest absolute Gasteiger partial charge is 0.226 e. The van der Waals surface area contributed by atoms with Gasteiger partial charge >= 0.3 is 0 Å². The van der Waals surface area contributed by atoms with E-state index in [4.69, 9.17) is 10.3 Å². The molecule has 6 nitrogen and oxygen atoms in total. The molecule has 1 unspecified atom stereocenters. The molecule has 2 N–H and O–H groups in total. The molecule has 0 aliphatic carbocycles. The molecule has 3 rings (SSSR count). The largest absolute Gasteiger partial charge is 0.341 e. The highest BCUT2D eigenvalue weighted by Gasteiger charge is 2.21. The van der Waals surface area contributed by atoms with Crippen molar-refractivity contribution < 1.29 is 13.7 Å². The Morgan fingerprint density at radius 1 is 1.36 bits per heavy atom. The first kappa shape index (κ1) is 19.3. The quantitative estimate of drug-likeness (QED) is 0.876. The molecule has 1 fully saturated rings. The molecule has 0 bridgehead atoms. The fourth-order valence-electron chi connectivity index (χ4n) is 2.86. The molecule has 0 radical (unpaired) electrons. The van der Waals surface area contributed by atoms with E-state index in [-0.39, 0.29) is 30.2 Å². The Morgan fingerprint density at radius 3 is 2.84 bits per heavy atom. The molecular formula is C17H22ClFN4O2. The summed E-state index contributed by atoms with van der Waals surface area (Å²) in [5.74, 6) is 0.734. The molecule has 2 aromatic rings. The molecule has 25 heavy (non-hydrogen) atoms. The average molecular weight is 369 g/mol. The summed E-state index contributed by atoms with van der Waals surface area (Å²) >= 11 is 0. The van der Waals surface area contributed by atoms with Crippen LogP contribution in [0.2, 0.25) is 0 Å². The van der Waals surface area contributed by atoms with Crippen LogP contribution in [-0.4, -0.2) is 40.1 Å². The van der Waals surface area contributed by atoms with Crippen LogP contribution in [0, 0.1) is 5.82 Å². The maximum atomic E-state index is 12.9. The number of carbonyl (C=O) groups excluding carboxylic acids is 1. The third-order valence-corrected chi connectivity index (χ3v) is 4.16. The minimum absolute atomic E-state index is 0. The number of aromatic nitrogens is 2. The van der Waals surface area contributed by atoms with E-state index in [1.807, 2.05) is 4.90 Å². The Morgan fingerprint density at radius 2 is 2.12 bits per heavy atom. The highest BCUT2D eigenvalue weighted by molar-refractivity contribution is 5.85. The van der Waals surface area contributed by atoms with Crippen LogP contribution in [-0.2, 0) is 11.2 Å². The number of halogens is 2. The van der Waals surface area contributed by atoms with Crippen LogP contribution >= 0.6 is 12.4 Å². The number of carbonyl (C=O) groups is 1. The van der Waals surface area contributed by atoms with Crippen LogP contribution in [0.15, 0.2) is 28.8 Å². The molecule has 136 valence electrons. The summed E-state index contributed by atoms with van der Waals surface area (Å²) in [6, 6.07) is 6.01. The lowest BCUT2D eigenvalue weighted by Crippen LogP contribution is -2.45. The number of rotatable bonds is 5. The molecule has 1 aliphatic heterocycles.